The minimum Gasteiger partial charge on any atom is -0.370 e. The van der Waals surface area contributed by atoms with Crippen molar-refractivity contribution >= 4 is 17.3 Å². The highest BCUT2D eigenvalue weighted by Gasteiger charge is 2.15. The number of hydrogen-bond acceptors (Lipinski definition) is 2. The van der Waals surface area contributed by atoms with Crippen LogP contribution in [0.1, 0.15) is 46.0 Å². The average molecular weight is 274 g/mol. The van der Waals surface area contributed by atoms with Crippen molar-refractivity contribution in [3.63, 3.8) is 0 Å². The molecule has 1 aliphatic heterocycles. The standard InChI is InChI=1S/C17H26N2O/c1-14(2)10-11-17(20)18-15-8-4-5-9-16(15)19-12-6-3-7-13-19/h4-5,8-9,14H,3,6-7,10-13H2,1-2H3,(H,18,20). The fraction of sp³-hybridized carbons (Fsp3) is 0.588. The summed E-state index contributed by atoms with van der Waals surface area (Å²) in [6.45, 7) is 6.49. The number of anilines is 2. The Labute approximate surface area is 122 Å². The van der Waals surface area contributed by atoms with Crippen LogP contribution in [0.3, 0.4) is 0 Å². The maximum absolute atomic E-state index is 12.0. The summed E-state index contributed by atoms with van der Waals surface area (Å²) in [7, 11) is 0. The fourth-order valence-electron chi connectivity index (χ4n) is 2.62. The van der Waals surface area contributed by atoms with Crippen LogP contribution in [0.25, 0.3) is 0 Å². The van der Waals surface area contributed by atoms with Crippen molar-refractivity contribution in [2.45, 2.75) is 46.0 Å². The normalized spacial score (nSPS) is 15.4. The predicted octanol–water partition coefficient (Wildman–Crippen LogP) is 4.05. The Morgan fingerprint density at radius 2 is 1.90 bits per heavy atom. The first-order valence-electron chi connectivity index (χ1n) is 7.80. The van der Waals surface area contributed by atoms with Crippen LogP contribution in [0.5, 0.6) is 0 Å². The van der Waals surface area contributed by atoms with E-state index in [0.29, 0.717) is 12.3 Å². The summed E-state index contributed by atoms with van der Waals surface area (Å²) in [6.07, 6.45) is 5.36. The second-order valence-electron chi connectivity index (χ2n) is 6.05. The number of piperidine rings is 1. The van der Waals surface area contributed by atoms with Gasteiger partial charge in [0.05, 0.1) is 11.4 Å². The van der Waals surface area contributed by atoms with Crippen molar-refractivity contribution in [3.8, 4) is 0 Å². The Hall–Kier alpha value is -1.51. The van der Waals surface area contributed by atoms with E-state index in [1.165, 1.54) is 24.9 Å². The van der Waals surface area contributed by atoms with Gasteiger partial charge in [-0.3, -0.25) is 4.79 Å². The quantitative estimate of drug-likeness (QED) is 0.878. The summed E-state index contributed by atoms with van der Waals surface area (Å²) in [5, 5.41) is 3.08. The molecule has 1 aromatic carbocycles. The maximum atomic E-state index is 12.0. The molecule has 0 bridgehead atoms. The predicted molar refractivity (Wildman–Crippen MR) is 85.2 cm³/mol. The fourth-order valence-corrected chi connectivity index (χ4v) is 2.62. The molecule has 0 atom stereocenters. The van der Waals surface area contributed by atoms with E-state index in [-0.39, 0.29) is 5.91 Å². The summed E-state index contributed by atoms with van der Waals surface area (Å²) in [6, 6.07) is 8.17. The largest absolute Gasteiger partial charge is 0.370 e. The average Bonchev–Trinajstić information content (AvgIpc) is 2.47. The third-order valence-electron chi connectivity index (χ3n) is 3.82. The van der Waals surface area contributed by atoms with Crippen LogP contribution < -0.4 is 10.2 Å². The smallest absolute Gasteiger partial charge is 0.224 e. The van der Waals surface area contributed by atoms with Crippen molar-refractivity contribution in [2.75, 3.05) is 23.3 Å². The minimum atomic E-state index is 0.128. The Morgan fingerprint density at radius 3 is 2.60 bits per heavy atom. The van der Waals surface area contributed by atoms with Crippen molar-refractivity contribution in [1.82, 2.24) is 0 Å². The van der Waals surface area contributed by atoms with Gasteiger partial charge < -0.3 is 10.2 Å². The zero-order valence-electron chi connectivity index (χ0n) is 12.7. The van der Waals surface area contributed by atoms with Crippen molar-refractivity contribution in [1.29, 1.82) is 0 Å². The molecule has 110 valence electrons. The van der Waals surface area contributed by atoms with E-state index in [1.807, 2.05) is 18.2 Å². The maximum Gasteiger partial charge on any atom is 0.224 e. The number of rotatable bonds is 5. The molecule has 0 aliphatic carbocycles. The molecule has 1 aliphatic rings. The van der Waals surface area contributed by atoms with Crippen LogP contribution >= 0.6 is 0 Å². The third-order valence-corrected chi connectivity index (χ3v) is 3.82. The number of para-hydroxylation sites is 2. The lowest BCUT2D eigenvalue weighted by Gasteiger charge is -2.30. The van der Waals surface area contributed by atoms with Gasteiger partial charge in [-0.2, -0.15) is 0 Å². The van der Waals surface area contributed by atoms with E-state index in [1.54, 1.807) is 0 Å². The number of carbonyl (C=O) groups excluding carboxylic acids is 1. The molecule has 1 saturated heterocycles. The molecule has 3 heteroatoms. The van der Waals surface area contributed by atoms with Crippen molar-refractivity contribution in [3.05, 3.63) is 24.3 Å². The highest BCUT2D eigenvalue weighted by Crippen LogP contribution is 2.28. The van der Waals surface area contributed by atoms with Crippen LogP contribution in [0.2, 0.25) is 0 Å². The number of nitrogens with zero attached hydrogens (tertiary/aromatic N) is 1. The van der Waals surface area contributed by atoms with Crippen LogP contribution in [0.15, 0.2) is 24.3 Å². The molecule has 20 heavy (non-hydrogen) atoms. The van der Waals surface area contributed by atoms with E-state index >= 15 is 0 Å². The van der Waals surface area contributed by atoms with Gasteiger partial charge in [0.25, 0.3) is 0 Å². The first kappa shape index (κ1) is 14.9. The highest BCUT2D eigenvalue weighted by atomic mass is 16.1. The van der Waals surface area contributed by atoms with Gasteiger partial charge in [-0.1, -0.05) is 26.0 Å². The molecule has 3 nitrogen and oxygen atoms in total. The molecule has 1 heterocycles. The van der Waals surface area contributed by atoms with E-state index < -0.39 is 0 Å². The van der Waals surface area contributed by atoms with Crippen LogP contribution in [-0.2, 0) is 4.79 Å². The Balaban J connectivity index is 2.01. The summed E-state index contributed by atoms with van der Waals surface area (Å²) in [5.74, 6) is 0.696. The minimum absolute atomic E-state index is 0.128. The third kappa shape index (κ3) is 4.26. The van der Waals surface area contributed by atoms with Gasteiger partial charge in [0.1, 0.15) is 0 Å². The molecule has 0 saturated carbocycles. The van der Waals surface area contributed by atoms with Gasteiger partial charge in [0.15, 0.2) is 0 Å². The van der Waals surface area contributed by atoms with Crippen LogP contribution in [0, 0.1) is 5.92 Å². The van der Waals surface area contributed by atoms with Gasteiger partial charge in [-0.05, 0) is 43.7 Å². The Kier molecular flexibility index (Phi) is 5.45. The zero-order valence-corrected chi connectivity index (χ0v) is 12.7. The van der Waals surface area contributed by atoms with Crippen molar-refractivity contribution in [2.24, 2.45) is 5.92 Å². The molecule has 2 rings (SSSR count). The number of carbonyl (C=O) groups is 1. The summed E-state index contributed by atoms with van der Waals surface area (Å²) in [4.78, 5) is 14.4. The van der Waals surface area contributed by atoms with Gasteiger partial charge in [0, 0.05) is 19.5 Å². The Morgan fingerprint density at radius 1 is 1.20 bits per heavy atom. The molecular weight excluding hydrogens is 248 g/mol. The second kappa shape index (κ2) is 7.32. The summed E-state index contributed by atoms with van der Waals surface area (Å²) < 4.78 is 0. The number of nitrogens with one attached hydrogen (secondary N) is 1. The van der Waals surface area contributed by atoms with E-state index in [0.717, 1.165) is 25.2 Å². The molecule has 1 fully saturated rings. The van der Waals surface area contributed by atoms with E-state index in [2.05, 4.69) is 30.1 Å². The van der Waals surface area contributed by atoms with E-state index in [9.17, 15) is 4.79 Å². The lowest BCUT2D eigenvalue weighted by atomic mass is 10.1. The molecule has 1 aromatic rings. The molecular formula is C17H26N2O. The lowest BCUT2D eigenvalue weighted by Crippen LogP contribution is -2.30. The van der Waals surface area contributed by atoms with Gasteiger partial charge in [-0.15, -0.1) is 0 Å². The van der Waals surface area contributed by atoms with Crippen molar-refractivity contribution < 1.29 is 4.79 Å². The SMILES string of the molecule is CC(C)CCC(=O)Nc1ccccc1N1CCCCC1. The van der Waals surface area contributed by atoms with Gasteiger partial charge in [-0.25, -0.2) is 0 Å². The molecule has 0 unspecified atom stereocenters. The number of amides is 1. The molecule has 1 N–H and O–H groups in total. The highest BCUT2D eigenvalue weighted by molar-refractivity contribution is 5.94. The lowest BCUT2D eigenvalue weighted by molar-refractivity contribution is -0.116. The second-order valence-corrected chi connectivity index (χ2v) is 6.05. The molecule has 1 amide bonds. The summed E-state index contributed by atoms with van der Waals surface area (Å²) >= 11 is 0. The summed E-state index contributed by atoms with van der Waals surface area (Å²) in [5.41, 5.74) is 2.13. The monoisotopic (exact) mass is 274 g/mol. The van der Waals surface area contributed by atoms with Crippen LogP contribution in [0.4, 0.5) is 11.4 Å². The van der Waals surface area contributed by atoms with Gasteiger partial charge in [0.2, 0.25) is 5.91 Å². The number of benzene rings is 1. The van der Waals surface area contributed by atoms with Gasteiger partial charge >= 0.3 is 0 Å². The zero-order chi connectivity index (χ0) is 14.4. The first-order chi connectivity index (χ1) is 9.66. The number of hydrogen-bond donors (Lipinski definition) is 1. The van der Waals surface area contributed by atoms with Crippen LogP contribution in [-0.4, -0.2) is 19.0 Å². The molecule has 0 radical (unpaired) electrons. The first-order valence-corrected chi connectivity index (χ1v) is 7.80. The molecule has 0 aromatic heterocycles. The molecule has 0 spiro atoms. The topological polar surface area (TPSA) is 32.3 Å². The Bertz CT molecular complexity index is 436. The van der Waals surface area contributed by atoms with E-state index in [4.69, 9.17) is 0 Å².